The molecule has 2 rings (SSSR count). The number of alkyl carbamates (subject to hydrolysis) is 1. The van der Waals surface area contributed by atoms with Crippen molar-refractivity contribution in [1.29, 1.82) is 0 Å². The second-order valence-electron chi connectivity index (χ2n) is 5.33. The Morgan fingerprint density at radius 1 is 1.04 bits per heavy atom. The number of hydrogen-bond acceptors (Lipinski definition) is 4. The molecule has 1 N–H and O–H groups in total. The van der Waals surface area contributed by atoms with E-state index in [0.29, 0.717) is 6.42 Å². The molecular weight excluding hydrogens is 318 g/mol. The lowest BCUT2D eigenvalue weighted by atomic mass is 10.0. The fourth-order valence-electron chi connectivity index (χ4n) is 2.24. The van der Waals surface area contributed by atoms with Gasteiger partial charge in [-0.05, 0) is 17.5 Å². The number of benzene rings is 2. The molecule has 0 fully saturated rings. The zero-order chi connectivity index (χ0) is 17.9. The van der Waals surface area contributed by atoms with Crippen LogP contribution in [0.3, 0.4) is 0 Å². The molecule has 5 nitrogen and oxygen atoms in total. The van der Waals surface area contributed by atoms with Gasteiger partial charge in [0.15, 0.2) is 0 Å². The molecule has 0 unspecified atom stereocenters. The highest BCUT2D eigenvalue weighted by molar-refractivity contribution is 5.81. The molecule has 5 heteroatoms. The van der Waals surface area contributed by atoms with E-state index in [-0.39, 0.29) is 12.6 Å². The zero-order valence-electron chi connectivity index (χ0n) is 14.1. The molecule has 25 heavy (non-hydrogen) atoms. The number of esters is 1. The van der Waals surface area contributed by atoms with Gasteiger partial charge >= 0.3 is 12.1 Å². The maximum Gasteiger partial charge on any atom is 0.407 e. The van der Waals surface area contributed by atoms with Gasteiger partial charge < -0.3 is 14.8 Å². The van der Waals surface area contributed by atoms with Gasteiger partial charge in [0.2, 0.25) is 0 Å². The summed E-state index contributed by atoms with van der Waals surface area (Å²) in [5.74, 6) is -0.432. The molecule has 1 atom stereocenters. The van der Waals surface area contributed by atoms with Gasteiger partial charge in [-0.1, -0.05) is 66.7 Å². The van der Waals surface area contributed by atoms with E-state index in [0.717, 1.165) is 11.1 Å². The summed E-state index contributed by atoms with van der Waals surface area (Å²) in [5.41, 5.74) is 1.84. The highest BCUT2D eigenvalue weighted by Gasteiger charge is 2.14. The molecule has 0 radical (unpaired) electrons. The van der Waals surface area contributed by atoms with Crippen molar-refractivity contribution in [2.24, 2.45) is 0 Å². The smallest absolute Gasteiger partial charge is 0.407 e. The van der Waals surface area contributed by atoms with E-state index >= 15 is 0 Å². The molecule has 1 amide bonds. The Morgan fingerprint density at radius 3 is 2.32 bits per heavy atom. The number of rotatable bonds is 7. The Labute approximate surface area is 147 Å². The van der Waals surface area contributed by atoms with Gasteiger partial charge in [-0.2, -0.15) is 0 Å². The number of methoxy groups -OCH3 is 1. The highest BCUT2D eigenvalue weighted by Crippen LogP contribution is 2.17. The number of carbonyl (C=O) groups excluding carboxylic acids is 2. The Hall–Kier alpha value is -3.08. The van der Waals surface area contributed by atoms with Crippen LogP contribution < -0.4 is 5.32 Å². The Bertz CT molecular complexity index is 698. The lowest BCUT2D eigenvalue weighted by Gasteiger charge is -2.17. The van der Waals surface area contributed by atoms with Gasteiger partial charge in [0.1, 0.15) is 6.61 Å². The minimum absolute atomic E-state index is 0.201. The monoisotopic (exact) mass is 339 g/mol. The molecule has 0 spiro atoms. The van der Waals surface area contributed by atoms with Gasteiger partial charge in [-0.25, -0.2) is 9.59 Å². The fourth-order valence-corrected chi connectivity index (χ4v) is 2.24. The number of ether oxygens (including phenoxy) is 2. The van der Waals surface area contributed by atoms with Crippen molar-refractivity contribution in [3.8, 4) is 0 Å². The van der Waals surface area contributed by atoms with Crippen molar-refractivity contribution in [3.05, 3.63) is 83.9 Å². The Kier molecular flexibility index (Phi) is 7.25. The average Bonchev–Trinajstić information content (AvgIpc) is 2.67. The van der Waals surface area contributed by atoms with Gasteiger partial charge in [0.05, 0.1) is 13.2 Å². The molecule has 0 saturated carbocycles. The first-order chi connectivity index (χ1) is 12.2. The van der Waals surface area contributed by atoms with E-state index in [2.05, 4.69) is 10.1 Å². The van der Waals surface area contributed by atoms with Crippen LogP contribution in [0.5, 0.6) is 0 Å². The molecule has 130 valence electrons. The van der Waals surface area contributed by atoms with Crippen LogP contribution in [-0.4, -0.2) is 19.2 Å². The van der Waals surface area contributed by atoms with Crippen molar-refractivity contribution < 1.29 is 19.1 Å². The summed E-state index contributed by atoms with van der Waals surface area (Å²) in [7, 11) is 1.32. The van der Waals surface area contributed by atoms with Crippen LogP contribution in [-0.2, 0) is 20.9 Å². The maximum atomic E-state index is 12.1. The number of hydrogen-bond donors (Lipinski definition) is 1. The summed E-state index contributed by atoms with van der Waals surface area (Å²) in [6.07, 6.45) is 2.94. The van der Waals surface area contributed by atoms with Gasteiger partial charge in [-0.3, -0.25) is 0 Å². The lowest BCUT2D eigenvalue weighted by molar-refractivity contribution is -0.134. The first-order valence-electron chi connectivity index (χ1n) is 7.95. The molecule has 2 aromatic carbocycles. The third-order valence-corrected chi connectivity index (χ3v) is 3.53. The van der Waals surface area contributed by atoms with Crippen molar-refractivity contribution in [2.45, 2.75) is 19.1 Å². The zero-order valence-corrected chi connectivity index (χ0v) is 14.1. The van der Waals surface area contributed by atoms with E-state index in [9.17, 15) is 9.59 Å². The van der Waals surface area contributed by atoms with Crippen LogP contribution in [0, 0.1) is 0 Å². The summed E-state index contributed by atoms with van der Waals surface area (Å²) in [6, 6.07) is 18.7. The van der Waals surface area contributed by atoms with Crippen LogP contribution in [0.15, 0.2) is 72.8 Å². The average molecular weight is 339 g/mol. The van der Waals surface area contributed by atoms with E-state index < -0.39 is 12.1 Å². The first-order valence-corrected chi connectivity index (χ1v) is 7.95. The van der Waals surface area contributed by atoms with Gasteiger partial charge in [0.25, 0.3) is 0 Å². The number of amides is 1. The predicted octanol–water partition coefficient (Wildman–Crippen LogP) is 3.77. The van der Waals surface area contributed by atoms with Crippen molar-refractivity contribution in [3.63, 3.8) is 0 Å². The second kappa shape index (κ2) is 9.93. The third kappa shape index (κ3) is 6.51. The summed E-state index contributed by atoms with van der Waals surface area (Å²) >= 11 is 0. The fraction of sp³-hybridized carbons (Fsp3) is 0.200. The summed E-state index contributed by atoms with van der Waals surface area (Å²) in [6.45, 7) is 0.201. The van der Waals surface area contributed by atoms with E-state index in [1.807, 2.05) is 60.7 Å². The first kappa shape index (κ1) is 18.3. The molecule has 2 aromatic rings. The Morgan fingerprint density at radius 2 is 1.68 bits per heavy atom. The molecule has 0 aliphatic rings. The largest absolute Gasteiger partial charge is 0.466 e. The normalized spacial score (nSPS) is 11.7. The molecule has 0 heterocycles. The number of carbonyl (C=O) groups is 2. The topological polar surface area (TPSA) is 64.6 Å². The van der Waals surface area contributed by atoms with Gasteiger partial charge in [0, 0.05) is 6.08 Å². The van der Waals surface area contributed by atoms with Crippen LogP contribution in [0.25, 0.3) is 0 Å². The van der Waals surface area contributed by atoms with Crippen LogP contribution in [0.2, 0.25) is 0 Å². The van der Waals surface area contributed by atoms with Crippen LogP contribution in [0.4, 0.5) is 4.79 Å². The van der Waals surface area contributed by atoms with E-state index in [1.54, 1.807) is 6.08 Å². The lowest BCUT2D eigenvalue weighted by Crippen LogP contribution is -2.28. The summed E-state index contributed by atoms with van der Waals surface area (Å²) < 4.78 is 9.83. The van der Waals surface area contributed by atoms with Crippen LogP contribution >= 0.6 is 0 Å². The Balaban J connectivity index is 1.96. The quantitative estimate of drug-likeness (QED) is 0.616. The van der Waals surface area contributed by atoms with Gasteiger partial charge in [-0.15, -0.1) is 0 Å². The van der Waals surface area contributed by atoms with Crippen LogP contribution in [0.1, 0.15) is 23.6 Å². The van der Waals surface area contributed by atoms with Crippen molar-refractivity contribution in [1.82, 2.24) is 5.32 Å². The maximum absolute atomic E-state index is 12.1. The summed E-state index contributed by atoms with van der Waals surface area (Å²) in [4.78, 5) is 23.3. The summed E-state index contributed by atoms with van der Waals surface area (Å²) in [5, 5.41) is 2.83. The third-order valence-electron chi connectivity index (χ3n) is 3.53. The molecule has 0 saturated heterocycles. The van der Waals surface area contributed by atoms with E-state index in [1.165, 1.54) is 13.2 Å². The van der Waals surface area contributed by atoms with Crippen molar-refractivity contribution >= 4 is 12.1 Å². The molecule has 0 bridgehead atoms. The second-order valence-corrected chi connectivity index (χ2v) is 5.33. The molecule has 0 aliphatic carbocycles. The molecule has 0 aliphatic heterocycles. The molecular formula is C20H21NO4. The van der Waals surface area contributed by atoms with E-state index in [4.69, 9.17) is 4.74 Å². The predicted molar refractivity (Wildman–Crippen MR) is 94.7 cm³/mol. The van der Waals surface area contributed by atoms with Crippen molar-refractivity contribution in [2.75, 3.05) is 7.11 Å². The number of nitrogens with one attached hydrogen (secondary N) is 1. The molecule has 0 aromatic heterocycles. The highest BCUT2D eigenvalue weighted by atomic mass is 16.5. The minimum Gasteiger partial charge on any atom is -0.466 e. The standard InChI is InChI=1S/C20H21NO4/c1-24-19(22)14-8-13-18(17-11-6-3-7-12-17)21-20(23)25-15-16-9-4-2-5-10-16/h2-12,14,18H,13,15H2,1H3,(H,21,23)/b14-8+/t18-/m0/s1. The SMILES string of the molecule is COC(=O)/C=C/C[C@H](NC(=O)OCc1ccccc1)c1ccccc1. The minimum atomic E-state index is -0.510.